The molecule has 1 aliphatic rings. The monoisotopic (exact) mass is 316 g/mol. The molecule has 9 heteroatoms. The normalized spacial score (nSPS) is 33.9. The average Bonchev–Trinajstić information content (AvgIpc) is 2.53. The van der Waals surface area contributed by atoms with Gasteiger partial charge in [-0.1, -0.05) is 16.9 Å². The van der Waals surface area contributed by atoms with Crippen LogP contribution in [0.1, 0.15) is 5.56 Å². The SMILES string of the molecule is OC[C@H]1O[C@@H](S/C(=N\O)c2ccncc2)[C@H](O)[C@@H](O)[C@@H]1O. The van der Waals surface area contributed by atoms with E-state index in [9.17, 15) is 15.3 Å². The molecular formula is C12H16N2O6S. The van der Waals surface area contributed by atoms with E-state index in [1.807, 2.05) is 0 Å². The van der Waals surface area contributed by atoms with Crippen molar-refractivity contribution in [2.75, 3.05) is 6.61 Å². The fourth-order valence-electron chi connectivity index (χ4n) is 1.92. The fraction of sp³-hybridized carbons (Fsp3) is 0.500. The van der Waals surface area contributed by atoms with Crippen molar-refractivity contribution >= 4 is 16.8 Å². The minimum atomic E-state index is -1.47. The second kappa shape index (κ2) is 7.16. The van der Waals surface area contributed by atoms with Crippen LogP contribution >= 0.6 is 11.8 Å². The average molecular weight is 316 g/mol. The molecule has 1 fully saturated rings. The van der Waals surface area contributed by atoms with Gasteiger partial charge in [-0.25, -0.2) is 0 Å². The van der Waals surface area contributed by atoms with Crippen molar-refractivity contribution in [1.82, 2.24) is 4.98 Å². The summed E-state index contributed by atoms with van der Waals surface area (Å²) < 4.78 is 5.33. The van der Waals surface area contributed by atoms with Crippen LogP contribution in [0.5, 0.6) is 0 Å². The maximum atomic E-state index is 9.93. The molecule has 0 aliphatic carbocycles. The number of aliphatic hydroxyl groups is 4. The Morgan fingerprint density at radius 2 is 1.86 bits per heavy atom. The van der Waals surface area contributed by atoms with E-state index >= 15 is 0 Å². The van der Waals surface area contributed by atoms with Crippen LogP contribution in [0.3, 0.4) is 0 Å². The molecule has 0 unspecified atom stereocenters. The van der Waals surface area contributed by atoms with Crippen LogP contribution in [0.2, 0.25) is 0 Å². The van der Waals surface area contributed by atoms with Crippen LogP contribution in [-0.2, 0) is 4.74 Å². The number of hydrogen-bond donors (Lipinski definition) is 5. The molecule has 0 aromatic carbocycles. The maximum Gasteiger partial charge on any atom is 0.145 e. The second-order valence-corrected chi connectivity index (χ2v) is 5.54. The standard InChI is InChI=1S/C12H16N2O6S/c15-5-7-8(16)9(17)10(18)12(20-7)21-11(14-19)6-1-3-13-4-2-6/h1-4,7-10,12,15-19H,5H2/b14-11-/t7-,8-,9+,10-,12+/m1/s1. The van der Waals surface area contributed by atoms with Crippen molar-refractivity contribution in [3.8, 4) is 0 Å². The summed E-state index contributed by atoms with van der Waals surface area (Å²) in [5, 5.41) is 50.8. The maximum absolute atomic E-state index is 9.93. The Bertz CT molecular complexity index is 486. The topological polar surface area (TPSA) is 136 Å². The molecule has 1 aromatic heterocycles. The molecule has 116 valence electrons. The lowest BCUT2D eigenvalue weighted by Crippen LogP contribution is -2.57. The first-order valence-electron chi connectivity index (χ1n) is 6.18. The van der Waals surface area contributed by atoms with Crippen LogP contribution in [-0.4, -0.2) is 72.1 Å². The quantitative estimate of drug-likeness (QED) is 0.202. The van der Waals surface area contributed by atoms with Crippen LogP contribution in [0.25, 0.3) is 0 Å². The Balaban J connectivity index is 2.14. The fourth-order valence-corrected chi connectivity index (χ4v) is 2.96. The summed E-state index contributed by atoms with van der Waals surface area (Å²) in [5.74, 6) is 0. The van der Waals surface area contributed by atoms with Crippen LogP contribution in [0.4, 0.5) is 0 Å². The molecule has 1 saturated heterocycles. The van der Waals surface area contributed by atoms with Gasteiger partial charge in [0.1, 0.15) is 34.9 Å². The zero-order valence-electron chi connectivity index (χ0n) is 10.9. The summed E-state index contributed by atoms with van der Waals surface area (Å²) in [4.78, 5) is 3.84. The number of oxime groups is 1. The molecule has 0 saturated carbocycles. The highest BCUT2D eigenvalue weighted by atomic mass is 32.2. The number of pyridine rings is 1. The van der Waals surface area contributed by atoms with Crippen molar-refractivity contribution < 1.29 is 30.4 Å². The summed E-state index contributed by atoms with van der Waals surface area (Å²) in [6.45, 7) is -0.511. The Hall–Kier alpha value is -1.23. The van der Waals surface area contributed by atoms with Gasteiger partial charge in [0.2, 0.25) is 0 Å². The van der Waals surface area contributed by atoms with Gasteiger partial charge < -0.3 is 30.4 Å². The summed E-state index contributed by atoms with van der Waals surface area (Å²) in [5.41, 5.74) is -0.450. The highest BCUT2D eigenvalue weighted by Gasteiger charge is 2.44. The number of ether oxygens (including phenoxy) is 1. The van der Waals surface area contributed by atoms with Gasteiger partial charge in [0.25, 0.3) is 0 Å². The molecule has 0 radical (unpaired) electrons. The molecule has 8 nitrogen and oxygen atoms in total. The van der Waals surface area contributed by atoms with E-state index in [4.69, 9.17) is 15.1 Å². The largest absolute Gasteiger partial charge is 0.410 e. The lowest BCUT2D eigenvalue weighted by atomic mass is 10.0. The predicted molar refractivity (Wildman–Crippen MR) is 73.9 cm³/mol. The van der Waals surface area contributed by atoms with Crippen molar-refractivity contribution in [3.05, 3.63) is 30.1 Å². The minimum Gasteiger partial charge on any atom is -0.410 e. The molecular weight excluding hydrogens is 300 g/mol. The van der Waals surface area contributed by atoms with E-state index in [0.717, 1.165) is 11.8 Å². The van der Waals surface area contributed by atoms with E-state index in [0.29, 0.717) is 5.56 Å². The van der Waals surface area contributed by atoms with Crippen molar-refractivity contribution in [2.45, 2.75) is 29.9 Å². The van der Waals surface area contributed by atoms with Gasteiger partial charge in [0.15, 0.2) is 0 Å². The zero-order valence-corrected chi connectivity index (χ0v) is 11.7. The predicted octanol–water partition coefficient (Wildman–Crippen LogP) is -1.25. The third-order valence-corrected chi connectivity index (χ3v) is 4.26. The smallest absolute Gasteiger partial charge is 0.145 e. The first-order chi connectivity index (χ1) is 10.1. The Morgan fingerprint density at radius 1 is 1.19 bits per heavy atom. The number of aromatic nitrogens is 1. The summed E-state index contributed by atoms with van der Waals surface area (Å²) >= 11 is 0.870. The number of hydrogen-bond acceptors (Lipinski definition) is 9. The number of aliphatic hydroxyl groups excluding tert-OH is 4. The Morgan fingerprint density at radius 3 is 2.43 bits per heavy atom. The second-order valence-electron chi connectivity index (χ2n) is 4.46. The van der Waals surface area contributed by atoms with Gasteiger partial charge in [-0.2, -0.15) is 0 Å². The molecule has 2 heterocycles. The molecule has 21 heavy (non-hydrogen) atoms. The molecule has 1 aliphatic heterocycles. The van der Waals surface area contributed by atoms with Gasteiger partial charge in [0, 0.05) is 18.0 Å². The third-order valence-electron chi connectivity index (χ3n) is 3.09. The first kappa shape index (κ1) is 16.1. The highest BCUT2D eigenvalue weighted by Crippen LogP contribution is 2.30. The van der Waals surface area contributed by atoms with E-state index in [2.05, 4.69) is 10.1 Å². The first-order valence-corrected chi connectivity index (χ1v) is 7.06. The van der Waals surface area contributed by atoms with E-state index in [1.54, 1.807) is 12.1 Å². The summed E-state index contributed by atoms with van der Waals surface area (Å²) in [7, 11) is 0. The Kier molecular flexibility index (Phi) is 5.51. The summed E-state index contributed by atoms with van der Waals surface area (Å²) in [6.07, 6.45) is -2.27. The van der Waals surface area contributed by atoms with Crippen molar-refractivity contribution in [1.29, 1.82) is 0 Å². The molecule has 0 bridgehead atoms. The van der Waals surface area contributed by atoms with E-state index < -0.39 is 36.5 Å². The molecule has 5 N–H and O–H groups in total. The van der Waals surface area contributed by atoms with E-state index in [-0.39, 0.29) is 5.04 Å². The number of thioether (sulfide) groups is 1. The molecule has 1 aromatic rings. The van der Waals surface area contributed by atoms with Gasteiger partial charge in [-0.3, -0.25) is 4.98 Å². The van der Waals surface area contributed by atoms with Gasteiger partial charge in [-0.15, -0.1) is 0 Å². The van der Waals surface area contributed by atoms with Gasteiger partial charge >= 0.3 is 0 Å². The Labute approximate surface area is 124 Å². The van der Waals surface area contributed by atoms with Crippen molar-refractivity contribution in [2.24, 2.45) is 5.16 Å². The van der Waals surface area contributed by atoms with Gasteiger partial charge in [0.05, 0.1) is 6.61 Å². The lowest BCUT2D eigenvalue weighted by Gasteiger charge is -2.39. The number of rotatable bonds is 3. The summed E-state index contributed by atoms with van der Waals surface area (Å²) in [6, 6.07) is 3.21. The van der Waals surface area contributed by atoms with Gasteiger partial charge in [-0.05, 0) is 12.1 Å². The third kappa shape index (κ3) is 3.51. The van der Waals surface area contributed by atoms with Crippen LogP contribution < -0.4 is 0 Å². The van der Waals surface area contributed by atoms with Crippen LogP contribution in [0.15, 0.2) is 29.7 Å². The molecule has 0 amide bonds. The number of nitrogens with zero attached hydrogens (tertiary/aromatic N) is 2. The van der Waals surface area contributed by atoms with Crippen molar-refractivity contribution in [3.63, 3.8) is 0 Å². The zero-order chi connectivity index (χ0) is 15.4. The minimum absolute atomic E-state index is 0.154. The highest BCUT2D eigenvalue weighted by molar-refractivity contribution is 8.14. The lowest BCUT2D eigenvalue weighted by molar-refractivity contribution is -0.205. The molecule has 2 rings (SSSR count). The van der Waals surface area contributed by atoms with E-state index in [1.165, 1.54) is 12.4 Å². The van der Waals surface area contributed by atoms with Crippen LogP contribution in [0, 0.1) is 0 Å². The molecule has 0 spiro atoms. The molecule has 5 atom stereocenters.